The van der Waals surface area contributed by atoms with Crippen molar-refractivity contribution in [3.05, 3.63) is 42.2 Å². The van der Waals surface area contributed by atoms with Gasteiger partial charge in [-0.2, -0.15) is 5.26 Å². The number of amides is 1. The molecule has 2 aromatic heterocycles. The van der Waals surface area contributed by atoms with Crippen molar-refractivity contribution in [1.29, 1.82) is 5.26 Å². The Bertz CT molecular complexity index is 1080. The highest BCUT2D eigenvalue weighted by Crippen LogP contribution is 2.35. The van der Waals surface area contributed by atoms with E-state index < -0.39 is 18.0 Å². The highest BCUT2D eigenvalue weighted by molar-refractivity contribution is 5.98. The first-order valence-corrected chi connectivity index (χ1v) is 7.93. The summed E-state index contributed by atoms with van der Waals surface area (Å²) >= 11 is 0. The number of nitrogens with one attached hydrogen (secondary N) is 1. The summed E-state index contributed by atoms with van der Waals surface area (Å²) in [7, 11) is 0. The van der Waals surface area contributed by atoms with Gasteiger partial charge in [0.1, 0.15) is 11.7 Å². The number of benzene rings is 1. The zero-order valence-electron chi connectivity index (χ0n) is 13.5. The van der Waals surface area contributed by atoms with Crippen LogP contribution in [0.25, 0.3) is 22.0 Å². The minimum Gasteiger partial charge on any atom is -0.397 e. The number of halogens is 1. The van der Waals surface area contributed by atoms with Crippen molar-refractivity contribution in [3.8, 4) is 17.2 Å². The Morgan fingerprint density at radius 1 is 1.35 bits per heavy atom. The van der Waals surface area contributed by atoms with Gasteiger partial charge in [-0.25, -0.2) is 4.39 Å². The first kappa shape index (κ1) is 15.9. The predicted molar refractivity (Wildman–Crippen MR) is 93.5 cm³/mol. The van der Waals surface area contributed by atoms with Crippen molar-refractivity contribution < 1.29 is 9.18 Å². The Morgan fingerprint density at radius 3 is 2.88 bits per heavy atom. The third-order valence-electron chi connectivity index (χ3n) is 4.27. The van der Waals surface area contributed by atoms with Crippen LogP contribution in [-0.4, -0.2) is 27.3 Å². The van der Waals surface area contributed by atoms with Crippen molar-refractivity contribution in [2.45, 2.75) is 12.6 Å². The molecule has 7 nitrogen and oxygen atoms in total. The van der Waals surface area contributed by atoms with Crippen molar-refractivity contribution in [1.82, 2.24) is 15.2 Å². The fourth-order valence-electron chi connectivity index (χ4n) is 2.78. The van der Waals surface area contributed by atoms with Gasteiger partial charge in [0.25, 0.3) is 0 Å². The molecule has 1 aliphatic rings. The molecule has 2 heterocycles. The fourth-order valence-corrected chi connectivity index (χ4v) is 2.78. The van der Waals surface area contributed by atoms with Gasteiger partial charge in [0.05, 0.1) is 23.2 Å². The molecule has 26 heavy (non-hydrogen) atoms. The fraction of sp³-hybridized carbons (Fsp3) is 0.167. The number of nitrogen functional groups attached to an aromatic ring is 1. The topological polar surface area (TPSA) is 118 Å². The van der Waals surface area contributed by atoms with E-state index >= 15 is 0 Å². The molecule has 8 heteroatoms. The van der Waals surface area contributed by atoms with E-state index in [2.05, 4.69) is 26.6 Å². The number of hydrogen-bond donors (Lipinski definition) is 2. The summed E-state index contributed by atoms with van der Waals surface area (Å²) in [5.74, 6) is -0.795. The van der Waals surface area contributed by atoms with E-state index in [9.17, 15) is 14.4 Å². The number of carbonyl (C=O) groups is 1. The van der Waals surface area contributed by atoms with Crippen molar-refractivity contribution in [2.75, 3.05) is 11.1 Å². The molecule has 2 atom stereocenters. The molecule has 0 aliphatic heterocycles. The number of fused-ring (bicyclic) bond motifs is 1. The molecule has 3 N–H and O–H groups in total. The van der Waals surface area contributed by atoms with Crippen LogP contribution >= 0.6 is 0 Å². The molecular formula is C18H13FN6O. The molecule has 0 bridgehead atoms. The third-order valence-corrected chi connectivity index (χ3v) is 4.27. The number of nitrogens with two attached hydrogens (primary N) is 1. The number of nitriles is 1. The summed E-state index contributed by atoms with van der Waals surface area (Å²) in [6.45, 7) is 0. The van der Waals surface area contributed by atoms with E-state index in [0.717, 1.165) is 0 Å². The Morgan fingerprint density at radius 2 is 2.15 bits per heavy atom. The molecule has 3 aromatic rings. The van der Waals surface area contributed by atoms with Crippen LogP contribution < -0.4 is 11.1 Å². The minimum atomic E-state index is -1.08. The molecule has 0 saturated heterocycles. The molecule has 1 aliphatic carbocycles. The Hall–Kier alpha value is -3.60. The van der Waals surface area contributed by atoms with Crippen LogP contribution in [0.15, 0.2) is 36.7 Å². The van der Waals surface area contributed by atoms with Gasteiger partial charge in [0, 0.05) is 23.3 Å². The monoisotopic (exact) mass is 348 g/mol. The van der Waals surface area contributed by atoms with Crippen LogP contribution in [0.3, 0.4) is 0 Å². The summed E-state index contributed by atoms with van der Waals surface area (Å²) in [4.78, 5) is 15.9. The molecule has 1 fully saturated rings. The normalized spacial score (nSPS) is 18.3. The molecule has 0 radical (unpaired) electrons. The number of hydrogen-bond acceptors (Lipinski definition) is 6. The van der Waals surface area contributed by atoms with Gasteiger partial charge in [0.2, 0.25) is 5.91 Å². The van der Waals surface area contributed by atoms with E-state index in [4.69, 9.17) is 5.73 Å². The number of rotatable bonds is 3. The number of alkyl halides is 1. The molecule has 1 aromatic carbocycles. The van der Waals surface area contributed by atoms with Crippen LogP contribution in [0.4, 0.5) is 15.9 Å². The van der Waals surface area contributed by atoms with Crippen LogP contribution in [-0.2, 0) is 4.79 Å². The van der Waals surface area contributed by atoms with Crippen LogP contribution in [0.2, 0.25) is 0 Å². The van der Waals surface area contributed by atoms with Crippen LogP contribution in [0, 0.1) is 17.2 Å². The van der Waals surface area contributed by atoms with E-state index in [1.165, 1.54) is 0 Å². The maximum Gasteiger partial charge on any atom is 0.231 e. The molecule has 0 spiro atoms. The maximum absolute atomic E-state index is 13.0. The molecule has 128 valence electrons. The second-order valence-electron chi connectivity index (χ2n) is 6.11. The lowest BCUT2D eigenvalue weighted by atomic mass is 10.00. The number of nitrogens with zero attached hydrogens (tertiary/aromatic N) is 4. The maximum atomic E-state index is 13.0. The molecular weight excluding hydrogens is 335 g/mol. The average Bonchev–Trinajstić information content (AvgIpc) is 3.38. The summed E-state index contributed by atoms with van der Waals surface area (Å²) in [6, 6.07) is 8.86. The minimum absolute atomic E-state index is 0.227. The van der Waals surface area contributed by atoms with Gasteiger partial charge in [0.15, 0.2) is 5.82 Å². The standard InChI is InChI=1S/C18H13FN6O/c19-14-6-12(14)18(26)23-16-5-11-3-10(4-15(21)17(11)25-24-16)13-8-22-2-1-9(13)7-20/h1-5,8,12,14H,6,21H2,(H,23,24,26)/t12-,14?/m1/s1. The van der Waals surface area contributed by atoms with E-state index in [0.29, 0.717) is 33.3 Å². The Balaban J connectivity index is 1.75. The quantitative estimate of drug-likeness (QED) is 0.702. The highest BCUT2D eigenvalue weighted by Gasteiger charge is 2.43. The molecule has 1 amide bonds. The Kier molecular flexibility index (Phi) is 3.69. The smallest absolute Gasteiger partial charge is 0.231 e. The first-order valence-electron chi connectivity index (χ1n) is 7.93. The molecule has 1 saturated carbocycles. The number of carbonyl (C=O) groups excluding carboxylic acids is 1. The second kappa shape index (κ2) is 6.04. The number of anilines is 2. The molecule has 4 rings (SSSR count). The number of aromatic nitrogens is 3. The highest BCUT2D eigenvalue weighted by atomic mass is 19.1. The van der Waals surface area contributed by atoms with Crippen molar-refractivity contribution >= 4 is 28.3 Å². The summed E-state index contributed by atoms with van der Waals surface area (Å²) in [5.41, 5.74) is 8.75. The van der Waals surface area contributed by atoms with Gasteiger partial charge >= 0.3 is 0 Å². The van der Waals surface area contributed by atoms with E-state index in [1.54, 1.807) is 36.7 Å². The van der Waals surface area contributed by atoms with Gasteiger partial charge < -0.3 is 11.1 Å². The summed E-state index contributed by atoms with van der Waals surface area (Å²) in [5, 5.41) is 20.5. The SMILES string of the molecule is N#Cc1ccncc1-c1cc(N)c2nnc(NC(=O)[C@@H]3CC3F)cc2c1. The van der Waals surface area contributed by atoms with Crippen LogP contribution in [0.1, 0.15) is 12.0 Å². The lowest BCUT2D eigenvalue weighted by molar-refractivity contribution is -0.117. The lowest BCUT2D eigenvalue weighted by Gasteiger charge is -2.09. The Labute approximate surface area is 147 Å². The van der Waals surface area contributed by atoms with Crippen molar-refractivity contribution in [2.24, 2.45) is 5.92 Å². The van der Waals surface area contributed by atoms with Crippen LogP contribution in [0.5, 0.6) is 0 Å². The van der Waals surface area contributed by atoms with Gasteiger partial charge in [-0.05, 0) is 36.2 Å². The summed E-state index contributed by atoms with van der Waals surface area (Å²) in [6.07, 6.45) is 2.29. The van der Waals surface area contributed by atoms with Crippen molar-refractivity contribution in [3.63, 3.8) is 0 Å². The number of pyridine rings is 1. The third kappa shape index (κ3) is 2.80. The average molecular weight is 348 g/mol. The zero-order chi connectivity index (χ0) is 18.3. The summed E-state index contributed by atoms with van der Waals surface area (Å²) < 4.78 is 13.0. The van der Waals surface area contributed by atoms with Gasteiger partial charge in [-0.15, -0.1) is 10.2 Å². The van der Waals surface area contributed by atoms with E-state index in [1.807, 2.05) is 0 Å². The lowest BCUT2D eigenvalue weighted by Crippen LogP contribution is -2.16. The zero-order valence-corrected chi connectivity index (χ0v) is 13.5. The molecule has 1 unspecified atom stereocenters. The second-order valence-corrected chi connectivity index (χ2v) is 6.11. The largest absolute Gasteiger partial charge is 0.397 e. The van der Waals surface area contributed by atoms with Gasteiger partial charge in [-0.3, -0.25) is 9.78 Å². The van der Waals surface area contributed by atoms with E-state index in [-0.39, 0.29) is 12.2 Å². The van der Waals surface area contributed by atoms with Gasteiger partial charge in [-0.1, -0.05) is 0 Å². The predicted octanol–water partition coefficient (Wildman–Crippen LogP) is 2.44. The first-order chi connectivity index (χ1) is 12.6.